The van der Waals surface area contributed by atoms with Gasteiger partial charge in [0, 0.05) is 0 Å². The topological polar surface area (TPSA) is 46.5 Å². The van der Waals surface area contributed by atoms with Gasteiger partial charge in [-0.2, -0.15) is 0 Å². The van der Waals surface area contributed by atoms with E-state index in [0.29, 0.717) is 12.0 Å². The minimum absolute atomic E-state index is 0.0832. The van der Waals surface area contributed by atoms with Crippen molar-refractivity contribution in [2.45, 2.75) is 25.7 Å². The summed E-state index contributed by atoms with van der Waals surface area (Å²) in [5.41, 5.74) is 0.576. The Morgan fingerprint density at radius 3 is 2.75 bits per heavy atom. The molecular weight excluding hydrogens is 211 g/mol. The number of rotatable bonds is 5. The van der Waals surface area contributed by atoms with Gasteiger partial charge in [-0.15, -0.1) is 0 Å². The molecule has 3 nitrogen and oxygen atoms in total. The number of ether oxygens (including phenoxy) is 1. The highest BCUT2D eigenvalue weighted by atomic mass is 19.1. The lowest BCUT2D eigenvalue weighted by Gasteiger charge is -2.12. The van der Waals surface area contributed by atoms with E-state index in [1.165, 1.54) is 25.3 Å². The van der Waals surface area contributed by atoms with E-state index in [1.807, 2.05) is 6.92 Å². The summed E-state index contributed by atoms with van der Waals surface area (Å²) in [5, 5.41) is 9.06. The van der Waals surface area contributed by atoms with Gasteiger partial charge in [-0.1, -0.05) is 19.4 Å². The first kappa shape index (κ1) is 12.5. The summed E-state index contributed by atoms with van der Waals surface area (Å²) < 4.78 is 18.0. The molecular formula is C12H15FO3. The zero-order chi connectivity index (χ0) is 12.1. The molecule has 0 radical (unpaired) electrons. The van der Waals surface area contributed by atoms with Crippen LogP contribution in [0.3, 0.4) is 0 Å². The highest BCUT2D eigenvalue weighted by Crippen LogP contribution is 2.27. The lowest BCUT2D eigenvalue weighted by atomic mass is 9.94. The summed E-state index contributed by atoms with van der Waals surface area (Å²) in [4.78, 5) is 11.0. The van der Waals surface area contributed by atoms with E-state index in [0.717, 1.165) is 6.42 Å². The van der Waals surface area contributed by atoms with E-state index in [9.17, 15) is 9.18 Å². The Kier molecular flexibility index (Phi) is 4.28. The van der Waals surface area contributed by atoms with Crippen molar-refractivity contribution in [1.82, 2.24) is 0 Å². The molecule has 0 saturated heterocycles. The van der Waals surface area contributed by atoms with Gasteiger partial charge in [0.2, 0.25) is 0 Å². The first-order valence-electron chi connectivity index (χ1n) is 5.16. The lowest BCUT2D eigenvalue weighted by molar-refractivity contribution is -0.139. The second-order valence-electron chi connectivity index (χ2n) is 3.57. The molecule has 1 rings (SSSR count). The van der Waals surface area contributed by atoms with Gasteiger partial charge in [-0.05, 0) is 24.1 Å². The molecule has 1 atom stereocenters. The van der Waals surface area contributed by atoms with Crippen molar-refractivity contribution < 1.29 is 19.0 Å². The summed E-state index contributed by atoms with van der Waals surface area (Å²) in [6.45, 7) is 1.91. The molecule has 0 aliphatic heterocycles. The SMILES string of the molecule is CCCC(C(=O)O)c1ccc(F)c(OC)c1. The van der Waals surface area contributed by atoms with Crippen LogP contribution in [0.1, 0.15) is 31.2 Å². The van der Waals surface area contributed by atoms with Crippen LogP contribution in [-0.4, -0.2) is 18.2 Å². The van der Waals surface area contributed by atoms with Crippen molar-refractivity contribution >= 4 is 5.97 Å². The van der Waals surface area contributed by atoms with Crippen LogP contribution >= 0.6 is 0 Å². The van der Waals surface area contributed by atoms with Crippen LogP contribution in [0.15, 0.2) is 18.2 Å². The molecule has 1 aromatic carbocycles. The van der Waals surface area contributed by atoms with Crippen LogP contribution in [0.4, 0.5) is 4.39 Å². The fourth-order valence-corrected chi connectivity index (χ4v) is 1.61. The zero-order valence-electron chi connectivity index (χ0n) is 9.37. The van der Waals surface area contributed by atoms with Crippen LogP contribution in [0, 0.1) is 5.82 Å². The quantitative estimate of drug-likeness (QED) is 0.839. The largest absolute Gasteiger partial charge is 0.494 e. The second-order valence-corrected chi connectivity index (χ2v) is 3.57. The molecule has 0 aliphatic rings. The van der Waals surface area contributed by atoms with E-state index < -0.39 is 17.7 Å². The van der Waals surface area contributed by atoms with Crippen LogP contribution in [0.2, 0.25) is 0 Å². The van der Waals surface area contributed by atoms with E-state index in [1.54, 1.807) is 0 Å². The average Bonchev–Trinajstić information content (AvgIpc) is 2.26. The maximum absolute atomic E-state index is 13.1. The minimum atomic E-state index is -0.893. The summed E-state index contributed by atoms with van der Waals surface area (Å²) in [6, 6.07) is 4.18. The molecule has 0 bridgehead atoms. The third-order valence-corrected chi connectivity index (χ3v) is 2.45. The van der Waals surface area contributed by atoms with Crippen LogP contribution in [0.25, 0.3) is 0 Å². The number of hydrogen-bond donors (Lipinski definition) is 1. The summed E-state index contributed by atoms with van der Waals surface area (Å²) in [5.74, 6) is -1.89. The third-order valence-electron chi connectivity index (χ3n) is 2.45. The summed E-state index contributed by atoms with van der Waals surface area (Å²) in [6.07, 6.45) is 1.29. The second kappa shape index (κ2) is 5.49. The van der Waals surface area contributed by atoms with Gasteiger partial charge in [-0.3, -0.25) is 4.79 Å². The number of hydrogen-bond acceptors (Lipinski definition) is 2. The van der Waals surface area contributed by atoms with Gasteiger partial charge in [-0.25, -0.2) is 4.39 Å². The first-order valence-corrected chi connectivity index (χ1v) is 5.16. The number of benzene rings is 1. The average molecular weight is 226 g/mol. The molecule has 1 aromatic rings. The molecule has 0 amide bonds. The van der Waals surface area contributed by atoms with E-state index >= 15 is 0 Å². The van der Waals surface area contributed by atoms with Crippen LogP contribution in [0.5, 0.6) is 5.75 Å². The molecule has 1 N–H and O–H groups in total. The Balaban J connectivity index is 3.05. The molecule has 0 spiro atoms. The predicted octanol–water partition coefficient (Wildman–Crippen LogP) is 2.80. The molecule has 0 heterocycles. The Morgan fingerprint density at radius 1 is 1.56 bits per heavy atom. The van der Waals surface area contributed by atoms with Crippen LogP contribution < -0.4 is 4.74 Å². The predicted molar refractivity (Wildman–Crippen MR) is 58.2 cm³/mol. The van der Waals surface area contributed by atoms with Crippen molar-refractivity contribution in [3.05, 3.63) is 29.6 Å². The molecule has 4 heteroatoms. The lowest BCUT2D eigenvalue weighted by Crippen LogP contribution is -2.11. The molecule has 88 valence electrons. The normalized spacial score (nSPS) is 12.2. The van der Waals surface area contributed by atoms with Gasteiger partial charge in [0.05, 0.1) is 13.0 Å². The maximum Gasteiger partial charge on any atom is 0.310 e. The van der Waals surface area contributed by atoms with Crippen molar-refractivity contribution in [3.8, 4) is 5.75 Å². The number of carbonyl (C=O) groups is 1. The third kappa shape index (κ3) is 2.72. The highest BCUT2D eigenvalue weighted by molar-refractivity contribution is 5.76. The molecule has 1 unspecified atom stereocenters. The molecule has 0 fully saturated rings. The fraction of sp³-hybridized carbons (Fsp3) is 0.417. The Hall–Kier alpha value is -1.58. The van der Waals surface area contributed by atoms with E-state index in [2.05, 4.69) is 0 Å². The Bertz CT molecular complexity index is 377. The van der Waals surface area contributed by atoms with Crippen LogP contribution in [-0.2, 0) is 4.79 Å². The standard InChI is InChI=1S/C12H15FO3/c1-3-4-9(12(14)15)8-5-6-10(13)11(7-8)16-2/h5-7,9H,3-4H2,1-2H3,(H,14,15). The van der Waals surface area contributed by atoms with Gasteiger partial charge in [0.1, 0.15) is 0 Å². The van der Waals surface area contributed by atoms with Gasteiger partial charge in [0.25, 0.3) is 0 Å². The van der Waals surface area contributed by atoms with Gasteiger partial charge in [0.15, 0.2) is 11.6 Å². The van der Waals surface area contributed by atoms with Crippen molar-refractivity contribution in [2.24, 2.45) is 0 Å². The fourth-order valence-electron chi connectivity index (χ4n) is 1.61. The number of carboxylic acids is 1. The summed E-state index contributed by atoms with van der Waals surface area (Å²) in [7, 11) is 1.36. The smallest absolute Gasteiger partial charge is 0.310 e. The van der Waals surface area contributed by atoms with Crippen molar-refractivity contribution in [3.63, 3.8) is 0 Å². The highest BCUT2D eigenvalue weighted by Gasteiger charge is 2.20. The number of carboxylic acid groups (broad SMARTS) is 1. The van der Waals surface area contributed by atoms with E-state index in [-0.39, 0.29) is 5.75 Å². The van der Waals surface area contributed by atoms with Gasteiger partial charge < -0.3 is 9.84 Å². The minimum Gasteiger partial charge on any atom is -0.494 e. The summed E-state index contributed by atoms with van der Waals surface area (Å²) >= 11 is 0. The first-order chi connectivity index (χ1) is 7.60. The number of methoxy groups -OCH3 is 1. The van der Waals surface area contributed by atoms with Crippen molar-refractivity contribution in [1.29, 1.82) is 0 Å². The number of aliphatic carboxylic acids is 1. The monoisotopic (exact) mass is 226 g/mol. The maximum atomic E-state index is 13.1. The zero-order valence-corrected chi connectivity index (χ0v) is 9.37. The molecule has 0 saturated carbocycles. The molecule has 16 heavy (non-hydrogen) atoms. The molecule has 0 aromatic heterocycles. The number of halogens is 1. The van der Waals surface area contributed by atoms with Crippen molar-refractivity contribution in [2.75, 3.05) is 7.11 Å². The Labute approximate surface area is 93.9 Å². The molecule has 0 aliphatic carbocycles. The Morgan fingerprint density at radius 2 is 2.25 bits per heavy atom. The van der Waals surface area contributed by atoms with E-state index in [4.69, 9.17) is 9.84 Å². The van der Waals surface area contributed by atoms with Gasteiger partial charge >= 0.3 is 5.97 Å².